The topological polar surface area (TPSA) is 24.9 Å². The molecule has 2 aromatic rings. The number of hydrogen-bond acceptors (Lipinski definition) is 3. The molecule has 4 heteroatoms. The van der Waals surface area contributed by atoms with Crippen LogP contribution in [-0.4, -0.2) is 12.0 Å². The quantitative estimate of drug-likeness (QED) is 0.920. The Morgan fingerprint density at radius 3 is 2.72 bits per heavy atom. The molecule has 2 nitrogen and oxygen atoms in total. The van der Waals surface area contributed by atoms with E-state index in [9.17, 15) is 0 Å². The summed E-state index contributed by atoms with van der Waals surface area (Å²) in [5.74, 6) is 0. The van der Waals surface area contributed by atoms with Crippen LogP contribution in [-0.2, 0) is 6.54 Å². The molecule has 0 spiro atoms. The molecule has 0 saturated carbocycles. The molecule has 0 aliphatic carbocycles. The number of aryl methyl sites for hydroxylation is 1. The maximum absolute atomic E-state index is 4.38. The van der Waals surface area contributed by atoms with Gasteiger partial charge in [-0.05, 0) is 59.2 Å². The van der Waals surface area contributed by atoms with Crippen LogP contribution >= 0.6 is 27.7 Å². The van der Waals surface area contributed by atoms with E-state index >= 15 is 0 Å². The van der Waals surface area contributed by atoms with Crippen LogP contribution in [0.1, 0.15) is 11.1 Å². The third-order valence-electron chi connectivity index (χ3n) is 2.54. The zero-order chi connectivity index (χ0) is 13.0. The van der Waals surface area contributed by atoms with Crippen LogP contribution in [0.3, 0.4) is 0 Å². The molecule has 2 rings (SSSR count). The molecule has 0 amide bonds. The largest absolute Gasteiger partial charge is 0.316 e. The van der Waals surface area contributed by atoms with E-state index in [0.29, 0.717) is 0 Å². The Kier molecular flexibility index (Phi) is 4.80. The number of rotatable bonds is 4. The normalized spacial score (nSPS) is 10.6. The fourth-order valence-corrected chi connectivity index (χ4v) is 2.73. The Labute approximate surface area is 120 Å². The zero-order valence-electron chi connectivity index (χ0n) is 10.4. The minimum atomic E-state index is 0.905. The Morgan fingerprint density at radius 2 is 2.11 bits per heavy atom. The van der Waals surface area contributed by atoms with Crippen molar-refractivity contribution in [1.29, 1.82) is 0 Å². The molecular formula is C14H15BrN2S. The Morgan fingerprint density at radius 1 is 1.28 bits per heavy atom. The fraction of sp³-hybridized carbons (Fsp3) is 0.214. The summed E-state index contributed by atoms with van der Waals surface area (Å²) in [5, 5.41) is 4.18. The van der Waals surface area contributed by atoms with Crippen molar-refractivity contribution < 1.29 is 0 Å². The third kappa shape index (κ3) is 3.57. The highest BCUT2D eigenvalue weighted by Crippen LogP contribution is 2.29. The lowest BCUT2D eigenvalue weighted by atomic mass is 10.1. The number of hydrogen-bond donors (Lipinski definition) is 1. The van der Waals surface area contributed by atoms with Gasteiger partial charge in [0.05, 0.1) is 0 Å². The smallest absolute Gasteiger partial charge is 0.101 e. The van der Waals surface area contributed by atoms with E-state index in [4.69, 9.17) is 0 Å². The lowest BCUT2D eigenvalue weighted by Gasteiger charge is -2.07. The van der Waals surface area contributed by atoms with Crippen LogP contribution in [0.15, 0.2) is 50.9 Å². The summed E-state index contributed by atoms with van der Waals surface area (Å²) in [4.78, 5) is 5.63. The van der Waals surface area contributed by atoms with Crippen LogP contribution in [0.2, 0.25) is 0 Å². The zero-order valence-corrected chi connectivity index (χ0v) is 12.8. The molecular weight excluding hydrogens is 308 g/mol. The summed E-state index contributed by atoms with van der Waals surface area (Å²) < 4.78 is 1.01. The van der Waals surface area contributed by atoms with E-state index < -0.39 is 0 Å². The molecule has 0 bridgehead atoms. The summed E-state index contributed by atoms with van der Waals surface area (Å²) in [7, 11) is 1.96. The maximum atomic E-state index is 4.38. The van der Waals surface area contributed by atoms with Crippen molar-refractivity contribution in [3.8, 4) is 0 Å². The van der Waals surface area contributed by atoms with Crippen molar-refractivity contribution in [2.24, 2.45) is 0 Å². The van der Waals surface area contributed by atoms with Gasteiger partial charge in [-0.3, -0.25) is 0 Å². The van der Waals surface area contributed by atoms with Crippen molar-refractivity contribution in [2.45, 2.75) is 23.4 Å². The van der Waals surface area contributed by atoms with Gasteiger partial charge < -0.3 is 5.32 Å². The van der Waals surface area contributed by atoms with Crippen molar-refractivity contribution >= 4 is 27.7 Å². The number of nitrogens with zero attached hydrogens (tertiary/aromatic N) is 1. The average Bonchev–Trinajstić information content (AvgIpc) is 2.36. The fourth-order valence-electron chi connectivity index (χ4n) is 1.68. The number of nitrogens with one attached hydrogen (secondary N) is 1. The SMILES string of the molecule is CNCc1ccc(Sc2ccc(Br)cn2)c(C)c1. The minimum absolute atomic E-state index is 0.905. The molecule has 18 heavy (non-hydrogen) atoms. The van der Waals surface area contributed by atoms with E-state index in [0.717, 1.165) is 16.0 Å². The first-order valence-electron chi connectivity index (χ1n) is 5.72. The van der Waals surface area contributed by atoms with Crippen molar-refractivity contribution in [3.05, 3.63) is 52.1 Å². The predicted octanol–water partition coefficient (Wildman–Crippen LogP) is 4.02. The molecule has 0 fully saturated rings. The summed E-state index contributed by atoms with van der Waals surface area (Å²) >= 11 is 5.09. The van der Waals surface area contributed by atoms with Gasteiger partial charge in [0.2, 0.25) is 0 Å². The predicted molar refractivity (Wildman–Crippen MR) is 80.0 cm³/mol. The first-order valence-corrected chi connectivity index (χ1v) is 7.33. The molecule has 0 unspecified atom stereocenters. The number of pyridine rings is 1. The first kappa shape index (κ1) is 13.6. The second-order valence-corrected chi connectivity index (χ2v) is 6.02. The second-order valence-electron chi connectivity index (χ2n) is 4.05. The molecule has 1 N–H and O–H groups in total. The number of benzene rings is 1. The number of aromatic nitrogens is 1. The van der Waals surface area contributed by atoms with Crippen LogP contribution in [0.5, 0.6) is 0 Å². The Balaban J connectivity index is 2.16. The maximum Gasteiger partial charge on any atom is 0.101 e. The molecule has 94 valence electrons. The van der Waals surface area contributed by atoms with E-state index in [-0.39, 0.29) is 0 Å². The summed E-state index contributed by atoms with van der Waals surface area (Å²) in [6.07, 6.45) is 1.83. The van der Waals surface area contributed by atoms with Gasteiger partial charge in [0.1, 0.15) is 5.03 Å². The molecule has 0 radical (unpaired) electrons. The summed E-state index contributed by atoms with van der Waals surface area (Å²) in [6, 6.07) is 10.6. The number of halogens is 1. The van der Waals surface area contributed by atoms with E-state index in [1.54, 1.807) is 11.8 Å². The Bertz CT molecular complexity index is 526. The van der Waals surface area contributed by atoms with Gasteiger partial charge in [0.15, 0.2) is 0 Å². The van der Waals surface area contributed by atoms with Crippen molar-refractivity contribution in [1.82, 2.24) is 10.3 Å². The summed E-state index contributed by atoms with van der Waals surface area (Å²) in [6.45, 7) is 3.04. The molecule has 0 aliphatic rings. The molecule has 0 atom stereocenters. The lowest BCUT2D eigenvalue weighted by Crippen LogP contribution is -2.05. The standard InChI is InChI=1S/C14H15BrN2S/c1-10-7-11(8-16-2)3-5-13(10)18-14-6-4-12(15)9-17-14/h3-7,9,16H,8H2,1-2H3. The highest BCUT2D eigenvalue weighted by atomic mass is 79.9. The molecule has 1 aromatic heterocycles. The molecule has 1 heterocycles. The average molecular weight is 323 g/mol. The van der Waals surface area contributed by atoms with Crippen molar-refractivity contribution in [3.63, 3.8) is 0 Å². The van der Waals surface area contributed by atoms with Crippen LogP contribution < -0.4 is 5.32 Å². The van der Waals surface area contributed by atoms with Gasteiger partial charge in [0, 0.05) is 22.1 Å². The first-order chi connectivity index (χ1) is 8.69. The molecule has 0 saturated heterocycles. The molecule has 0 aliphatic heterocycles. The van der Waals surface area contributed by atoms with Gasteiger partial charge in [-0.25, -0.2) is 4.98 Å². The molecule has 1 aromatic carbocycles. The van der Waals surface area contributed by atoms with Crippen LogP contribution in [0.25, 0.3) is 0 Å². The highest BCUT2D eigenvalue weighted by molar-refractivity contribution is 9.10. The van der Waals surface area contributed by atoms with Crippen LogP contribution in [0.4, 0.5) is 0 Å². The second kappa shape index (κ2) is 6.36. The van der Waals surface area contributed by atoms with Crippen molar-refractivity contribution in [2.75, 3.05) is 7.05 Å². The van der Waals surface area contributed by atoms with Crippen LogP contribution in [0, 0.1) is 6.92 Å². The van der Waals surface area contributed by atoms with Gasteiger partial charge in [-0.2, -0.15) is 0 Å². The Hall–Kier alpha value is -0.840. The highest BCUT2D eigenvalue weighted by Gasteiger charge is 2.03. The van der Waals surface area contributed by atoms with E-state index in [1.807, 2.05) is 25.4 Å². The van der Waals surface area contributed by atoms with E-state index in [1.165, 1.54) is 16.0 Å². The third-order valence-corrected chi connectivity index (χ3v) is 4.13. The van der Waals surface area contributed by atoms with E-state index in [2.05, 4.69) is 51.4 Å². The van der Waals surface area contributed by atoms with Gasteiger partial charge in [-0.1, -0.05) is 23.9 Å². The minimum Gasteiger partial charge on any atom is -0.316 e. The van der Waals surface area contributed by atoms with Gasteiger partial charge >= 0.3 is 0 Å². The monoisotopic (exact) mass is 322 g/mol. The van der Waals surface area contributed by atoms with Gasteiger partial charge in [0.25, 0.3) is 0 Å². The lowest BCUT2D eigenvalue weighted by molar-refractivity contribution is 0.815. The summed E-state index contributed by atoms with van der Waals surface area (Å²) in [5.41, 5.74) is 2.60. The van der Waals surface area contributed by atoms with Gasteiger partial charge in [-0.15, -0.1) is 0 Å².